The molecular formula is C22H25N5O2. The predicted molar refractivity (Wildman–Crippen MR) is 117 cm³/mol. The third-order valence-corrected chi connectivity index (χ3v) is 4.33. The maximum atomic E-state index is 12.8. The van der Waals surface area contributed by atoms with Crippen molar-refractivity contribution < 1.29 is 9.53 Å². The van der Waals surface area contributed by atoms with Crippen LogP contribution in [-0.2, 0) is 0 Å². The lowest BCUT2D eigenvalue weighted by atomic mass is 10.2. The Morgan fingerprint density at radius 3 is 2.38 bits per heavy atom. The zero-order valence-corrected chi connectivity index (χ0v) is 17.3. The average Bonchev–Trinajstić information content (AvgIpc) is 2.68. The first kappa shape index (κ1) is 20.1. The number of carbonyl (C=O) groups excluding carboxylic acids is 1. The van der Waals surface area contributed by atoms with Crippen molar-refractivity contribution in [3.8, 4) is 5.75 Å². The summed E-state index contributed by atoms with van der Waals surface area (Å²) in [6.07, 6.45) is 0. The minimum absolute atomic E-state index is 0.272. The number of methoxy groups -OCH3 is 1. The quantitative estimate of drug-likeness (QED) is 0.657. The fourth-order valence-electron chi connectivity index (χ4n) is 2.82. The third kappa shape index (κ3) is 5.01. The van der Waals surface area contributed by atoms with Crippen LogP contribution in [0.15, 0.2) is 48.5 Å². The largest absolute Gasteiger partial charge is 0.495 e. The first-order valence-corrected chi connectivity index (χ1v) is 9.22. The van der Waals surface area contributed by atoms with Crippen molar-refractivity contribution in [3.05, 3.63) is 65.5 Å². The summed E-state index contributed by atoms with van der Waals surface area (Å²) in [4.78, 5) is 23.6. The van der Waals surface area contributed by atoms with Gasteiger partial charge in [-0.25, -0.2) is 9.97 Å². The molecule has 0 fully saturated rings. The molecule has 2 aromatic carbocycles. The van der Waals surface area contributed by atoms with Crippen molar-refractivity contribution in [1.29, 1.82) is 0 Å². The molecule has 150 valence electrons. The molecule has 1 heterocycles. The number of benzene rings is 2. The summed E-state index contributed by atoms with van der Waals surface area (Å²) in [7, 11) is 5.54. The van der Waals surface area contributed by atoms with Crippen LogP contribution >= 0.6 is 0 Å². The SMILES string of the molecule is COc1ccc(C)cc1NC(=O)c1cc(C)nc(Nc2ccc(N(C)C)cc2)n1. The van der Waals surface area contributed by atoms with E-state index in [0.29, 0.717) is 23.1 Å². The fourth-order valence-corrected chi connectivity index (χ4v) is 2.82. The highest BCUT2D eigenvalue weighted by atomic mass is 16.5. The van der Waals surface area contributed by atoms with Gasteiger partial charge in [0.25, 0.3) is 5.91 Å². The van der Waals surface area contributed by atoms with E-state index in [0.717, 1.165) is 16.9 Å². The topological polar surface area (TPSA) is 79.4 Å². The molecule has 0 unspecified atom stereocenters. The van der Waals surface area contributed by atoms with Gasteiger partial charge in [-0.2, -0.15) is 0 Å². The van der Waals surface area contributed by atoms with E-state index >= 15 is 0 Å². The molecule has 0 aliphatic rings. The molecule has 2 N–H and O–H groups in total. The molecular weight excluding hydrogens is 366 g/mol. The number of nitrogens with one attached hydrogen (secondary N) is 2. The van der Waals surface area contributed by atoms with Crippen molar-refractivity contribution >= 4 is 28.9 Å². The van der Waals surface area contributed by atoms with Gasteiger partial charge < -0.3 is 20.3 Å². The normalized spacial score (nSPS) is 10.4. The van der Waals surface area contributed by atoms with Crippen LogP contribution in [0.4, 0.5) is 23.0 Å². The summed E-state index contributed by atoms with van der Waals surface area (Å²) in [6, 6.07) is 15.1. The number of hydrogen-bond acceptors (Lipinski definition) is 6. The van der Waals surface area contributed by atoms with Crippen LogP contribution in [0.3, 0.4) is 0 Å². The van der Waals surface area contributed by atoms with Gasteiger partial charge in [-0.05, 0) is 61.9 Å². The molecule has 7 nitrogen and oxygen atoms in total. The number of ether oxygens (including phenoxy) is 1. The van der Waals surface area contributed by atoms with E-state index in [9.17, 15) is 4.79 Å². The number of amides is 1. The third-order valence-electron chi connectivity index (χ3n) is 4.33. The van der Waals surface area contributed by atoms with Crippen LogP contribution in [0.5, 0.6) is 5.75 Å². The Hall–Kier alpha value is -3.61. The van der Waals surface area contributed by atoms with Crippen LogP contribution < -0.4 is 20.3 Å². The van der Waals surface area contributed by atoms with E-state index in [1.54, 1.807) is 13.2 Å². The summed E-state index contributed by atoms with van der Waals surface area (Å²) in [5.74, 6) is 0.628. The molecule has 0 radical (unpaired) electrons. The van der Waals surface area contributed by atoms with E-state index < -0.39 is 0 Å². The summed E-state index contributed by atoms with van der Waals surface area (Å²) >= 11 is 0. The highest BCUT2D eigenvalue weighted by Gasteiger charge is 2.14. The number of aryl methyl sites for hydroxylation is 2. The Kier molecular flexibility index (Phi) is 5.97. The van der Waals surface area contributed by atoms with Gasteiger partial charge in [-0.15, -0.1) is 0 Å². The molecule has 0 spiro atoms. The van der Waals surface area contributed by atoms with Gasteiger partial charge in [-0.1, -0.05) is 6.07 Å². The lowest BCUT2D eigenvalue weighted by Crippen LogP contribution is -2.16. The second-order valence-electron chi connectivity index (χ2n) is 6.94. The molecule has 7 heteroatoms. The van der Waals surface area contributed by atoms with Crippen molar-refractivity contribution in [2.45, 2.75) is 13.8 Å². The van der Waals surface area contributed by atoms with Crippen molar-refractivity contribution in [1.82, 2.24) is 9.97 Å². The maximum absolute atomic E-state index is 12.8. The number of anilines is 4. The molecule has 0 aliphatic heterocycles. The smallest absolute Gasteiger partial charge is 0.274 e. The zero-order valence-electron chi connectivity index (χ0n) is 17.3. The summed E-state index contributed by atoms with van der Waals surface area (Å²) in [6.45, 7) is 3.78. The Balaban J connectivity index is 1.81. The molecule has 0 saturated carbocycles. The van der Waals surface area contributed by atoms with Crippen molar-refractivity contribution in [2.75, 3.05) is 36.7 Å². The van der Waals surface area contributed by atoms with E-state index in [2.05, 4.69) is 20.6 Å². The second-order valence-corrected chi connectivity index (χ2v) is 6.94. The number of carbonyl (C=O) groups is 1. The molecule has 0 bridgehead atoms. The first-order chi connectivity index (χ1) is 13.9. The zero-order chi connectivity index (χ0) is 21.0. The number of aromatic nitrogens is 2. The number of rotatable bonds is 6. The molecule has 0 saturated heterocycles. The van der Waals surface area contributed by atoms with Crippen LogP contribution in [-0.4, -0.2) is 37.1 Å². The molecule has 3 rings (SSSR count). The van der Waals surface area contributed by atoms with E-state index in [4.69, 9.17) is 4.74 Å². The Morgan fingerprint density at radius 1 is 1.00 bits per heavy atom. The fraction of sp³-hybridized carbons (Fsp3) is 0.227. The summed E-state index contributed by atoms with van der Waals surface area (Å²) < 4.78 is 5.33. The number of hydrogen-bond donors (Lipinski definition) is 2. The van der Waals surface area contributed by atoms with Crippen LogP contribution in [0.1, 0.15) is 21.7 Å². The lowest BCUT2D eigenvalue weighted by Gasteiger charge is -2.14. The van der Waals surface area contributed by atoms with Crippen LogP contribution in [0.2, 0.25) is 0 Å². The number of nitrogens with zero attached hydrogens (tertiary/aromatic N) is 3. The average molecular weight is 391 g/mol. The van der Waals surface area contributed by atoms with Gasteiger partial charge in [0.05, 0.1) is 12.8 Å². The van der Waals surface area contributed by atoms with Gasteiger partial charge in [0, 0.05) is 31.2 Å². The van der Waals surface area contributed by atoms with Crippen LogP contribution in [0.25, 0.3) is 0 Å². The molecule has 29 heavy (non-hydrogen) atoms. The Labute approximate surface area is 170 Å². The van der Waals surface area contributed by atoms with Gasteiger partial charge >= 0.3 is 0 Å². The van der Waals surface area contributed by atoms with Gasteiger partial charge in [0.15, 0.2) is 0 Å². The van der Waals surface area contributed by atoms with Gasteiger partial charge in [0.1, 0.15) is 11.4 Å². The van der Waals surface area contributed by atoms with Crippen molar-refractivity contribution in [2.24, 2.45) is 0 Å². The van der Waals surface area contributed by atoms with Gasteiger partial charge in [0.2, 0.25) is 5.95 Å². The standard InChI is InChI=1S/C22H25N5O2/c1-14-6-11-20(29-5)18(12-14)25-21(28)19-13-15(2)23-22(26-19)24-16-7-9-17(10-8-16)27(3)4/h6-13H,1-5H3,(H,25,28)(H,23,24,26). The molecule has 1 aromatic heterocycles. The lowest BCUT2D eigenvalue weighted by molar-refractivity contribution is 0.102. The Morgan fingerprint density at radius 2 is 1.72 bits per heavy atom. The van der Waals surface area contributed by atoms with Crippen molar-refractivity contribution in [3.63, 3.8) is 0 Å². The molecule has 0 atom stereocenters. The minimum atomic E-state index is -0.328. The molecule has 0 aliphatic carbocycles. The van der Waals surface area contributed by atoms with E-state index in [1.165, 1.54) is 0 Å². The monoisotopic (exact) mass is 391 g/mol. The summed E-state index contributed by atoms with van der Waals surface area (Å²) in [5, 5.41) is 6.03. The second kappa shape index (κ2) is 8.60. The maximum Gasteiger partial charge on any atom is 0.274 e. The molecule has 3 aromatic rings. The Bertz CT molecular complexity index is 1020. The predicted octanol–water partition coefficient (Wildman–Crippen LogP) is 4.16. The highest BCUT2D eigenvalue weighted by Crippen LogP contribution is 2.26. The minimum Gasteiger partial charge on any atom is -0.495 e. The molecule has 1 amide bonds. The first-order valence-electron chi connectivity index (χ1n) is 9.22. The summed E-state index contributed by atoms with van der Waals surface area (Å²) in [5.41, 5.74) is 4.51. The van der Waals surface area contributed by atoms with Gasteiger partial charge in [-0.3, -0.25) is 4.79 Å². The highest BCUT2D eigenvalue weighted by molar-refractivity contribution is 6.04. The van der Waals surface area contributed by atoms with E-state index in [-0.39, 0.29) is 11.6 Å². The van der Waals surface area contributed by atoms with Crippen LogP contribution in [0, 0.1) is 13.8 Å². The van der Waals surface area contributed by atoms with E-state index in [1.807, 2.05) is 75.3 Å².